The molecule has 7 nitrogen and oxygen atoms in total. The summed E-state index contributed by atoms with van der Waals surface area (Å²) in [4.78, 5) is 26.0. The third kappa shape index (κ3) is 6.89. The number of hydrogen-bond acceptors (Lipinski definition) is 5. The molecule has 0 bridgehead atoms. The summed E-state index contributed by atoms with van der Waals surface area (Å²) in [7, 11) is 0. The molecule has 4 N–H and O–H groups in total. The van der Waals surface area contributed by atoms with Gasteiger partial charge in [-0.1, -0.05) is 17.7 Å². The van der Waals surface area contributed by atoms with E-state index in [4.69, 9.17) is 22.1 Å². The van der Waals surface area contributed by atoms with E-state index in [0.717, 1.165) is 18.4 Å². The van der Waals surface area contributed by atoms with Crippen LogP contribution in [0.2, 0.25) is 5.02 Å². The van der Waals surface area contributed by atoms with Crippen molar-refractivity contribution < 1.29 is 14.3 Å². The van der Waals surface area contributed by atoms with E-state index in [9.17, 15) is 9.59 Å². The van der Waals surface area contributed by atoms with Crippen LogP contribution in [0.1, 0.15) is 24.8 Å². The van der Waals surface area contributed by atoms with Gasteiger partial charge in [0.05, 0.1) is 17.6 Å². The predicted molar refractivity (Wildman–Crippen MR) is 118 cm³/mol. The van der Waals surface area contributed by atoms with Gasteiger partial charge in [0.2, 0.25) is 11.8 Å². The molecule has 2 aliphatic heterocycles. The molecule has 29 heavy (non-hydrogen) atoms. The van der Waals surface area contributed by atoms with Crippen molar-refractivity contribution in [3.8, 4) is 5.75 Å². The van der Waals surface area contributed by atoms with E-state index in [1.54, 1.807) is 0 Å². The third-order valence-corrected chi connectivity index (χ3v) is 5.43. The van der Waals surface area contributed by atoms with Crippen LogP contribution >= 0.6 is 36.4 Å². The fourth-order valence-corrected chi connectivity index (χ4v) is 3.78. The maximum Gasteiger partial charge on any atom is 0.239 e. The molecular weight excluding hydrogens is 439 g/mol. The minimum atomic E-state index is -0.253. The first kappa shape index (κ1) is 25.8. The number of ether oxygens (including phenoxy) is 1. The molecule has 2 atom stereocenters. The second kappa shape index (κ2) is 11.8. The summed E-state index contributed by atoms with van der Waals surface area (Å²) < 4.78 is 6.05. The molecular formula is C19H29Cl3N4O3. The number of amides is 2. The van der Waals surface area contributed by atoms with E-state index in [1.165, 1.54) is 0 Å². The normalized spacial score (nSPS) is 21.7. The molecule has 0 spiro atoms. The van der Waals surface area contributed by atoms with Crippen LogP contribution < -0.4 is 21.1 Å². The lowest BCUT2D eigenvalue weighted by Crippen LogP contribution is -2.48. The summed E-state index contributed by atoms with van der Waals surface area (Å²) in [6.07, 6.45) is 2.20. The molecule has 2 aliphatic rings. The number of carbonyl (C=O) groups is 2. The van der Waals surface area contributed by atoms with E-state index in [0.29, 0.717) is 36.8 Å². The molecule has 2 saturated heterocycles. The fraction of sp³-hybridized carbons (Fsp3) is 0.579. The highest BCUT2D eigenvalue weighted by Gasteiger charge is 2.34. The zero-order valence-corrected chi connectivity index (χ0v) is 18.7. The van der Waals surface area contributed by atoms with Gasteiger partial charge in [-0.3, -0.25) is 9.59 Å². The summed E-state index contributed by atoms with van der Waals surface area (Å²) in [5, 5.41) is 6.64. The average Bonchev–Trinajstić information content (AvgIpc) is 3.13. The van der Waals surface area contributed by atoms with Crippen molar-refractivity contribution in [2.45, 2.75) is 44.4 Å². The summed E-state index contributed by atoms with van der Waals surface area (Å²) in [6.45, 7) is 3.87. The molecule has 164 valence electrons. The van der Waals surface area contributed by atoms with Crippen LogP contribution in [0.25, 0.3) is 0 Å². The summed E-state index contributed by atoms with van der Waals surface area (Å²) >= 11 is 6.21. The molecule has 3 rings (SSSR count). The van der Waals surface area contributed by atoms with E-state index in [2.05, 4.69) is 10.6 Å². The SMILES string of the molecule is Cc1ccc(Cl)c(OC2CCN(C(=O)[C@@H]3CC(NC(=O)CN)CN3)CC2)c1.Cl.Cl. The Kier molecular flexibility index (Phi) is 10.5. The number of piperidine rings is 1. The quantitative estimate of drug-likeness (QED) is 0.612. The van der Waals surface area contributed by atoms with Crippen molar-refractivity contribution in [3.63, 3.8) is 0 Å². The monoisotopic (exact) mass is 466 g/mol. The van der Waals surface area contributed by atoms with Crippen LogP contribution in [-0.4, -0.2) is 61.1 Å². The highest BCUT2D eigenvalue weighted by Crippen LogP contribution is 2.28. The molecule has 2 fully saturated rings. The highest BCUT2D eigenvalue weighted by atomic mass is 35.5. The third-order valence-electron chi connectivity index (χ3n) is 5.11. The van der Waals surface area contributed by atoms with E-state index in [1.807, 2.05) is 30.0 Å². The minimum absolute atomic E-state index is 0. The van der Waals surface area contributed by atoms with Crippen molar-refractivity contribution in [3.05, 3.63) is 28.8 Å². The zero-order valence-electron chi connectivity index (χ0n) is 16.4. The molecule has 0 saturated carbocycles. The second-order valence-electron chi connectivity index (χ2n) is 7.24. The summed E-state index contributed by atoms with van der Waals surface area (Å²) in [5.41, 5.74) is 6.42. The Bertz CT molecular complexity index is 699. The van der Waals surface area contributed by atoms with E-state index in [-0.39, 0.29) is 61.4 Å². The molecule has 1 aromatic carbocycles. The van der Waals surface area contributed by atoms with Gasteiger partial charge in [-0.25, -0.2) is 0 Å². The van der Waals surface area contributed by atoms with Gasteiger partial charge >= 0.3 is 0 Å². The number of aryl methyl sites for hydroxylation is 1. The Labute approximate surface area is 188 Å². The van der Waals surface area contributed by atoms with E-state index < -0.39 is 0 Å². The molecule has 0 radical (unpaired) electrons. The maximum atomic E-state index is 12.7. The van der Waals surface area contributed by atoms with E-state index >= 15 is 0 Å². The van der Waals surface area contributed by atoms with Gasteiger partial charge in [-0.2, -0.15) is 0 Å². The Morgan fingerprint density at radius 1 is 1.31 bits per heavy atom. The van der Waals surface area contributed by atoms with Crippen molar-refractivity contribution in [2.75, 3.05) is 26.2 Å². The number of nitrogens with two attached hydrogens (primary N) is 1. The number of benzene rings is 1. The first-order chi connectivity index (χ1) is 13.0. The first-order valence-electron chi connectivity index (χ1n) is 9.40. The molecule has 0 aliphatic carbocycles. The zero-order chi connectivity index (χ0) is 19.4. The predicted octanol–water partition coefficient (Wildman–Crippen LogP) is 1.67. The first-order valence-corrected chi connectivity index (χ1v) is 9.78. The van der Waals surface area contributed by atoms with Gasteiger partial charge in [0.25, 0.3) is 0 Å². The number of halogens is 3. The number of nitrogens with one attached hydrogen (secondary N) is 2. The lowest BCUT2D eigenvalue weighted by atomic mass is 10.1. The highest BCUT2D eigenvalue weighted by molar-refractivity contribution is 6.32. The molecule has 1 unspecified atom stereocenters. The number of likely N-dealkylation sites (tertiary alicyclic amines) is 1. The summed E-state index contributed by atoms with van der Waals surface area (Å²) in [6, 6.07) is 5.44. The van der Waals surface area contributed by atoms with Crippen LogP contribution in [0.15, 0.2) is 18.2 Å². The molecule has 0 aromatic heterocycles. The largest absolute Gasteiger partial charge is 0.489 e. The molecule has 10 heteroatoms. The average molecular weight is 468 g/mol. The van der Waals surface area contributed by atoms with Gasteiger partial charge in [0.1, 0.15) is 11.9 Å². The van der Waals surface area contributed by atoms with Crippen molar-refractivity contribution >= 4 is 48.2 Å². The van der Waals surface area contributed by atoms with Crippen LogP contribution in [0.3, 0.4) is 0 Å². The Morgan fingerprint density at radius 2 is 2.00 bits per heavy atom. The Hall–Kier alpha value is -1.25. The molecule has 2 amide bonds. The number of carbonyl (C=O) groups excluding carboxylic acids is 2. The lowest BCUT2D eigenvalue weighted by Gasteiger charge is -2.33. The van der Waals surface area contributed by atoms with Crippen LogP contribution in [-0.2, 0) is 9.59 Å². The fourth-order valence-electron chi connectivity index (χ4n) is 3.62. The smallest absolute Gasteiger partial charge is 0.239 e. The van der Waals surface area contributed by atoms with Gasteiger partial charge in [0, 0.05) is 38.5 Å². The topological polar surface area (TPSA) is 96.7 Å². The maximum absolute atomic E-state index is 12.7. The van der Waals surface area contributed by atoms with Crippen molar-refractivity contribution in [2.24, 2.45) is 5.73 Å². The number of rotatable bonds is 5. The van der Waals surface area contributed by atoms with Crippen LogP contribution in [0.5, 0.6) is 5.75 Å². The lowest BCUT2D eigenvalue weighted by molar-refractivity contribution is -0.135. The van der Waals surface area contributed by atoms with Gasteiger partial charge in [0.15, 0.2) is 0 Å². The standard InChI is InChI=1S/C19H27ClN4O3.2ClH/c1-12-2-3-15(20)17(8-12)27-14-4-6-24(7-5-14)19(26)16-9-13(11-22-16)23-18(25)10-21;;/h2-3,8,13-14,16,22H,4-7,9-11,21H2,1H3,(H,23,25);2*1H/t13?,16-;;/m0../s1. The summed E-state index contributed by atoms with van der Waals surface area (Å²) in [5.74, 6) is 0.603. The Balaban J connectivity index is 0.00000210. The van der Waals surface area contributed by atoms with Gasteiger partial charge in [-0.05, 0) is 31.0 Å². The van der Waals surface area contributed by atoms with Gasteiger partial charge in [-0.15, -0.1) is 24.8 Å². The second-order valence-corrected chi connectivity index (χ2v) is 7.65. The molecule has 2 heterocycles. The van der Waals surface area contributed by atoms with Gasteiger partial charge < -0.3 is 26.0 Å². The van der Waals surface area contributed by atoms with Crippen molar-refractivity contribution in [1.29, 1.82) is 0 Å². The molecule has 1 aromatic rings. The minimum Gasteiger partial charge on any atom is -0.489 e. The van der Waals surface area contributed by atoms with Crippen molar-refractivity contribution in [1.82, 2.24) is 15.5 Å². The number of hydrogen-bond donors (Lipinski definition) is 3. The van der Waals surface area contributed by atoms with Crippen LogP contribution in [0.4, 0.5) is 0 Å². The Morgan fingerprint density at radius 3 is 2.66 bits per heavy atom. The number of nitrogens with zero attached hydrogens (tertiary/aromatic N) is 1. The van der Waals surface area contributed by atoms with Crippen LogP contribution in [0, 0.1) is 6.92 Å².